The Morgan fingerprint density at radius 1 is 1.25 bits per heavy atom. The number of hydrogen-bond acceptors (Lipinski definition) is 3. The molecule has 0 amide bonds. The standard InChI is InChI=1S/C15H13FN2OS/c1-9(19)11-8-10(16)6-7-14(11)20-15-17-12-4-2-3-5-13(12)18-15/h2-9,19H,1H3,(H,17,18)/t9-/m0/s1. The quantitative estimate of drug-likeness (QED) is 0.768. The predicted molar refractivity (Wildman–Crippen MR) is 77.3 cm³/mol. The second kappa shape index (κ2) is 5.26. The number of hydrogen-bond donors (Lipinski definition) is 2. The van der Waals surface area contributed by atoms with Crippen molar-refractivity contribution in [1.29, 1.82) is 0 Å². The Hall–Kier alpha value is -1.85. The second-order valence-electron chi connectivity index (χ2n) is 4.52. The summed E-state index contributed by atoms with van der Waals surface area (Å²) < 4.78 is 13.3. The highest BCUT2D eigenvalue weighted by molar-refractivity contribution is 7.99. The van der Waals surface area contributed by atoms with Gasteiger partial charge in [0.05, 0.1) is 17.1 Å². The Labute approximate surface area is 119 Å². The van der Waals surface area contributed by atoms with Crippen LogP contribution in [0.3, 0.4) is 0 Å². The molecule has 1 atom stereocenters. The van der Waals surface area contributed by atoms with Gasteiger partial charge in [0, 0.05) is 4.90 Å². The number of aliphatic hydroxyl groups excluding tert-OH is 1. The van der Waals surface area contributed by atoms with Crippen molar-refractivity contribution < 1.29 is 9.50 Å². The third-order valence-corrected chi connectivity index (χ3v) is 3.97. The molecular formula is C15H13FN2OS. The van der Waals surface area contributed by atoms with Crippen molar-refractivity contribution in [1.82, 2.24) is 9.97 Å². The SMILES string of the molecule is C[C@H](O)c1cc(F)ccc1Sc1nc2ccccc2[nH]1. The van der Waals surface area contributed by atoms with Gasteiger partial charge >= 0.3 is 0 Å². The summed E-state index contributed by atoms with van der Waals surface area (Å²) in [6, 6.07) is 12.1. The van der Waals surface area contributed by atoms with Crippen molar-refractivity contribution in [2.75, 3.05) is 0 Å². The van der Waals surface area contributed by atoms with Gasteiger partial charge in [-0.05, 0) is 42.8 Å². The highest BCUT2D eigenvalue weighted by Gasteiger charge is 2.12. The van der Waals surface area contributed by atoms with Gasteiger partial charge in [-0.25, -0.2) is 9.37 Å². The molecule has 0 aliphatic heterocycles. The summed E-state index contributed by atoms with van der Waals surface area (Å²) in [4.78, 5) is 8.46. The molecule has 0 fully saturated rings. The normalized spacial score (nSPS) is 12.8. The second-order valence-corrected chi connectivity index (χ2v) is 5.55. The molecule has 0 saturated carbocycles. The molecule has 2 N–H and O–H groups in total. The van der Waals surface area contributed by atoms with Crippen LogP contribution in [0, 0.1) is 5.82 Å². The fraction of sp³-hybridized carbons (Fsp3) is 0.133. The van der Waals surface area contributed by atoms with Gasteiger partial charge in [-0.1, -0.05) is 23.9 Å². The molecule has 1 aromatic heterocycles. The zero-order chi connectivity index (χ0) is 14.1. The van der Waals surface area contributed by atoms with Crippen molar-refractivity contribution in [3.63, 3.8) is 0 Å². The van der Waals surface area contributed by atoms with Gasteiger partial charge in [0.25, 0.3) is 0 Å². The average Bonchev–Trinajstić information content (AvgIpc) is 2.82. The molecule has 3 nitrogen and oxygen atoms in total. The number of imidazole rings is 1. The summed E-state index contributed by atoms with van der Waals surface area (Å²) in [6.07, 6.45) is -0.724. The van der Waals surface area contributed by atoms with Crippen LogP contribution in [0.2, 0.25) is 0 Å². The lowest BCUT2D eigenvalue weighted by Crippen LogP contribution is -1.95. The van der Waals surface area contributed by atoms with Gasteiger partial charge in [0.1, 0.15) is 5.82 Å². The van der Waals surface area contributed by atoms with E-state index in [0.717, 1.165) is 21.1 Å². The summed E-state index contributed by atoms with van der Waals surface area (Å²) in [5.74, 6) is -0.352. The van der Waals surface area contributed by atoms with Crippen LogP contribution in [-0.2, 0) is 0 Å². The molecule has 0 aliphatic carbocycles. The number of H-pyrrole nitrogens is 1. The number of benzene rings is 2. The number of rotatable bonds is 3. The lowest BCUT2D eigenvalue weighted by atomic mass is 10.1. The van der Waals surface area contributed by atoms with Crippen LogP contribution < -0.4 is 0 Å². The summed E-state index contributed by atoms with van der Waals surface area (Å²) in [5, 5.41) is 10.5. The van der Waals surface area contributed by atoms with Crippen LogP contribution in [0.5, 0.6) is 0 Å². The highest BCUT2D eigenvalue weighted by Crippen LogP contribution is 2.33. The number of fused-ring (bicyclic) bond motifs is 1. The summed E-state index contributed by atoms with van der Waals surface area (Å²) in [7, 11) is 0. The maximum Gasteiger partial charge on any atom is 0.171 e. The molecule has 2 aromatic carbocycles. The molecule has 0 saturated heterocycles. The number of nitrogens with zero attached hydrogens (tertiary/aromatic N) is 1. The van der Waals surface area contributed by atoms with Crippen LogP contribution in [0.1, 0.15) is 18.6 Å². The van der Waals surface area contributed by atoms with E-state index in [4.69, 9.17) is 0 Å². The molecule has 0 radical (unpaired) electrons. The van der Waals surface area contributed by atoms with E-state index in [1.807, 2.05) is 24.3 Å². The first kappa shape index (κ1) is 13.1. The van der Waals surface area contributed by atoms with Gasteiger partial charge in [-0.15, -0.1) is 0 Å². The summed E-state index contributed by atoms with van der Waals surface area (Å²) in [6.45, 7) is 1.62. The summed E-state index contributed by atoms with van der Waals surface area (Å²) >= 11 is 1.38. The van der Waals surface area contributed by atoms with E-state index in [9.17, 15) is 9.50 Å². The van der Waals surface area contributed by atoms with E-state index in [1.54, 1.807) is 13.0 Å². The van der Waals surface area contributed by atoms with Gasteiger partial charge in [-0.2, -0.15) is 0 Å². The smallest absolute Gasteiger partial charge is 0.171 e. The highest BCUT2D eigenvalue weighted by atomic mass is 32.2. The molecule has 0 unspecified atom stereocenters. The number of nitrogens with one attached hydrogen (secondary N) is 1. The molecule has 0 bridgehead atoms. The van der Waals surface area contributed by atoms with Gasteiger partial charge in [-0.3, -0.25) is 0 Å². The summed E-state index contributed by atoms with van der Waals surface area (Å²) in [5.41, 5.74) is 2.40. The maximum absolute atomic E-state index is 13.3. The lowest BCUT2D eigenvalue weighted by Gasteiger charge is -2.10. The molecule has 3 rings (SSSR count). The number of aliphatic hydroxyl groups is 1. The molecule has 102 valence electrons. The Morgan fingerprint density at radius 3 is 2.80 bits per heavy atom. The van der Waals surface area contributed by atoms with E-state index in [2.05, 4.69) is 9.97 Å². The van der Waals surface area contributed by atoms with Crippen molar-refractivity contribution in [2.45, 2.75) is 23.1 Å². The van der Waals surface area contributed by atoms with Gasteiger partial charge < -0.3 is 10.1 Å². The third kappa shape index (κ3) is 2.55. The molecule has 1 heterocycles. The molecular weight excluding hydrogens is 275 g/mol. The van der Waals surface area contributed by atoms with E-state index in [1.165, 1.54) is 23.9 Å². The zero-order valence-electron chi connectivity index (χ0n) is 10.8. The van der Waals surface area contributed by atoms with Crippen molar-refractivity contribution >= 4 is 22.8 Å². The minimum absolute atomic E-state index is 0.352. The maximum atomic E-state index is 13.3. The Kier molecular flexibility index (Phi) is 3.46. The van der Waals surface area contributed by atoms with E-state index < -0.39 is 6.10 Å². The van der Waals surface area contributed by atoms with Crippen LogP contribution in [0.15, 0.2) is 52.5 Å². The van der Waals surface area contributed by atoms with Crippen molar-refractivity contribution in [2.24, 2.45) is 0 Å². The topological polar surface area (TPSA) is 48.9 Å². The van der Waals surface area contributed by atoms with E-state index in [-0.39, 0.29) is 5.82 Å². The van der Waals surface area contributed by atoms with Crippen LogP contribution in [0.25, 0.3) is 11.0 Å². The van der Waals surface area contributed by atoms with Crippen LogP contribution in [-0.4, -0.2) is 15.1 Å². The molecule has 20 heavy (non-hydrogen) atoms. The van der Waals surface area contributed by atoms with Crippen molar-refractivity contribution in [3.05, 3.63) is 53.8 Å². The minimum Gasteiger partial charge on any atom is -0.389 e. The van der Waals surface area contributed by atoms with Gasteiger partial charge in [0.15, 0.2) is 5.16 Å². The number of para-hydroxylation sites is 2. The third-order valence-electron chi connectivity index (χ3n) is 3.00. The van der Waals surface area contributed by atoms with Crippen LogP contribution in [0.4, 0.5) is 4.39 Å². The largest absolute Gasteiger partial charge is 0.389 e. The fourth-order valence-corrected chi connectivity index (χ4v) is 3.02. The molecule has 5 heteroatoms. The van der Waals surface area contributed by atoms with Crippen molar-refractivity contribution in [3.8, 4) is 0 Å². The van der Waals surface area contributed by atoms with E-state index >= 15 is 0 Å². The average molecular weight is 288 g/mol. The fourth-order valence-electron chi connectivity index (χ4n) is 2.02. The zero-order valence-corrected chi connectivity index (χ0v) is 11.6. The Balaban J connectivity index is 1.98. The first-order valence-electron chi connectivity index (χ1n) is 6.23. The minimum atomic E-state index is -0.724. The van der Waals surface area contributed by atoms with E-state index in [0.29, 0.717) is 5.56 Å². The number of aromatic amines is 1. The molecule has 3 aromatic rings. The monoisotopic (exact) mass is 288 g/mol. The van der Waals surface area contributed by atoms with Gasteiger partial charge in [0.2, 0.25) is 0 Å². The molecule has 0 aliphatic rings. The predicted octanol–water partition coefficient (Wildman–Crippen LogP) is 3.91. The van der Waals surface area contributed by atoms with Crippen LogP contribution >= 0.6 is 11.8 Å². The first-order valence-corrected chi connectivity index (χ1v) is 7.05. The molecule has 0 spiro atoms. The number of aromatic nitrogens is 2. The lowest BCUT2D eigenvalue weighted by molar-refractivity contribution is 0.196. The Bertz CT molecular complexity index is 721. The Morgan fingerprint density at radius 2 is 2.05 bits per heavy atom. The number of halogens is 1. The first-order chi connectivity index (χ1) is 9.63.